The van der Waals surface area contributed by atoms with Crippen LogP contribution in [0.5, 0.6) is 0 Å². The smallest absolute Gasteiger partial charge is 0.0707 e. The lowest BCUT2D eigenvalue weighted by molar-refractivity contribution is 0.0171. The van der Waals surface area contributed by atoms with Crippen molar-refractivity contribution in [1.29, 1.82) is 0 Å². The molecular formula is C16H34N2O. The van der Waals surface area contributed by atoms with Gasteiger partial charge in [0.2, 0.25) is 0 Å². The van der Waals surface area contributed by atoms with Gasteiger partial charge in [-0.25, -0.2) is 0 Å². The number of hydrogen-bond acceptors (Lipinski definition) is 3. The minimum atomic E-state index is 0.439. The van der Waals surface area contributed by atoms with E-state index in [-0.39, 0.29) is 0 Å². The molecule has 0 bridgehead atoms. The molecule has 0 aromatic rings. The molecule has 0 spiro atoms. The van der Waals surface area contributed by atoms with Crippen molar-refractivity contribution in [3.8, 4) is 0 Å². The summed E-state index contributed by atoms with van der Waals surface area (Å²) in [4.78, 5) is 2.59. The fourth-order valence-corrected chi connectivity index (χ4v) is 2.76. The van der Waals surface area contributed by atoms with E-state index >= 15 is 0 Å². The molecule has 1 fully saturated rings. The summed E-state index contributed by atoms with van der Waals surface area (Å²) in [6, 6.07) is 0.633. The Labute approximate surface area is 120 Å². The van der Waals surface area contributed by atoms with E-state index in [0.29, 0.717) is 18.2 Å². The zero-order valence-corrected chi connectivity index (χ0v) is 13.5. The Kier molecular flexibility index (Phi) is 8.67. The molecule has 0 saturated carbocycles. The summed E-state index contributed by atoms with van der Waals surface area (Å²) >= 11 is 0. The minimum Gasteiger partial charge on any atom is -0.372 e. The van der Waals surface area contributed by atoms with Crippen LogP contribution >= 0.6 is 0 Å². The number of unbranched alkanes of at least 4 members (excludes halogenated alkanes) is 2. The number of nitrogens with zero attached hydrogens (tertiary/aromatic N) is 1. The first-order valence-corrected chi connectivity index (χ1v) is 8.27. The van der Waals surface area contributed by atoms with Crippen LogP contribution in [0.2, 0.25) is 0 Å². The maximum Gasteiger partial charge on any atom is 0.0707 e. The van der Waals surface area contributed by atoms with Gasteiger partial charge in [0.25, 0.3) is 0 Å². The van der Waals surface area contributed by atoms with Crippen LogP contribution in [0, 0.1) is 0 Å². The van der Waals surface area contributed by atoms with E-state index in [0.717, 1.165) is 19.6 Å². The molecule has 1 heterocycles. The Morgan fingerprint density at radius 2 is 1.89 bits per heavy atom. The maximum atomic E-state index is 6.15. The van der Waals surface area contributed by atoms with Crippen LogP contribution in [0.25, 0.3) is 0 Å². The summed E-state index contributed by atoms with van der Waals surface area (Å²) in [6.07, 6.45) is 7.31. The van der Waals surface area contributed by atoms with E-state index < -0.39 is 0 Å². The molecule has 1 rings (SSSR count). The fraction of sp³-hybridized carbons (Fsp3) is 1.00. The maximum absolute atomic E-state index is 6.15. The molecule has 0 aliphatic carbocycles. The molecule has 1 N–H and O–H groups in total. The predicted molar refractivity (Wildman–Crippen MR) is 82.7 cm³/mol. The third-order valence-electron chi connectivity index (χ3n) is 4.03. The van der Waals surface area contributed by atoms with Gasteiger partial charge in [0.05, 0.1) is 12.2 Å². The zero-order chi connectivity index (χ0) is 14.1. The molecule has 1 aliphatic heterocycles. The highest BCUT2D eigenvalue weighted by molar-refractivity contribution is 4.79. The van der Waals surface area contributed by atoms with Crippen LogP contribution in [0.1, 0.15) is 59.8 Å². The third-order valence-corrected chi connectivity index (χ3v) is 4.03. The quantitative estimate of drug-likeness (QED) is 0.618. The predicted octanol–water partition coefficient (Wildman–Crippen LogP) is 3.04. The molecule has 0 radical (unpaired) electrons. The van der Waals surface area contributed by atoms with Crippen LogP contribution in [-0.4, -0.2) is 49.3 Å². The second-order valence-corrected chi connectivity index (χ2v) is 6.06. The van der Waals surface area contributed by atoms with E-state index in [2.05, 4.69) is 37.9 Å². The molecule has 0 amide bonds. The minimum absolute atomic E-state index is 0.439. The van der Waals surface area contributed by atoms with Crippen molar-refractivity contribution in [2.24, 2.45) is 0 Å². The monoisotopic (exact) mass is 270 g/mol. The summed E-state index contributed by atoms with van der Waals surface area (Å²) in [6.45, 7) is 13.4. The summed E-state index contributed by atoms with van der Waals surface area (Å²) < 4.78 is 6.15. The number of ether oxygens (including phenoxy) is 1. The first kappa shape index (κ1) is 16.9. The molecule has 2 unspecified atom stereocenters. The van der Waals surface area contributed by atoms with E-state index in [1.54, 1.807) is 0 Å². The second-order valence-electron chi connectivity index (χ2n) is 6.06. The molecule has 3 heteroatoms. The van der Waals surface area contributed by atoms with Gasteiger partial charge in [0, 0.05) is 19.1 Å². The number of rotatable bonds is 10. The molecule has 2 atom stereocenters. The highest BCUT2D eigenvalue weighted by Gasteiger charge is 2.26. The van der Waals surface area contributed by atoms with Crippen LogP contribution in [0.3, 0.4) is 0 Å². The molecule has 1 aliphatic rings. The van der Waals surface area contributed by atoms with Gasteiger partial charge in [-0.1, -0.05) is 26.7 Å². The van der Waals surface area contributed by atoms with E-state index in [1.807, 2.05) is 0 Å². The van der Waals surface area contributed by atoms with Gasteiger partial charge in [-0.15, -0.1) is 0 Å². The molecular weight excluding hydrogens is 236 g/mol. The van der Waals surface area contributed by atoms with Crippen molar-refractivity contribution >= 4 is 0 Å². The van der Waals surface area contributed by atoms with Crippen molar-refractivity contribution < 1.29 is 4.74 Å². The summed E-state index contributed by atoms with van der Waals surface area (Å²) in [5.41, 5.74) is 0. The topological polar surface area (TPSA) is 24.5 Å². The Balaban J connectivity index is 2.26. The standard InChI is InChI=1S/C16H34N2O/c1-5-7-8-11-18(14(3)4)13-16-10-9-15(19-16)12-17-6-2/h14-17H,5-13H2,1-4H3. The van der Waals surface area contributed by atoms with Crippen molar-refractivity contribution in [3.05, 3.63) is 0 Å². The normalized spacial score (nSPS) is 23.7. The van der Waals surface area contributed by atoms with Gasteiger partial charge < -0.3 is 10.1 Å². The Morgan fingerprint density at radius 3 is 2.53 bits per heavy atom. The van der Waals surface area contributed by atoms with Crippen LogP contribution in [0.4, 0.5) is 0 Å². The third kappa shape index (κ3) is 6.73. The van der Waals surface area contributed by atoms with Crippen LogP contribution in [0.15, 0.2) is 0 Å². The molecule has 3 nitrogen and oxygen atoms in total. The van der Waals surface area contributed by atoms with E-state index in [4.69, 9.17) is 4.74 Å². The van der Waals surface area contributed by atoms with Gasteiger partial charge in [-0.3, -0.25) is 4.90 Å². The SMILES string of the molecule is CCCCCN(CC1CCC(CNCC)O1)C(C)C. The lowest BCUT2D eigenvalue weighted by atomic mass is 10.1. The van der Waals surface area contributed by atoms with Gasteiger partial charge in [-0.05, 0) is 46.2 Å². The summed E-state index contributed by atoms with van der Waals surface area (Å²) in [5.74, 6) is 0. The number of likely N-dealkylation sites (N-methyl/N-ethyl adjacent to an activating group) is 1. The average Bonchev–Trinajstić information content (AvgIpc) is 2.83. The van der Waals surface area contributed by atoms with Crippen LogP contribution < -0.4 is 5.32 Å². The highest BCUT2D eigenvalue weighted by Crippen LogP contribution is 2.21. The zero-order valence-electron chi connectivity index (χ0n) is 13.5. The number of nitrogens with one attached hydrogen (secondary N) is 1. The number of hydrogen-bond donors (Lipinski definition) is 1. The fourth-order valence-electron chi connectivity index (χ4n) is 2.76. The molecule has 0 aromatic carbocycles. The average molecular weight is 270 g/mol. The van der Waals surface area contributed by atoms with Gasteiger partial charge >= 0.3 is 0 Å². The Bertz CT molecular complexity index is 221. The molecule has 19 heavy (non-hydrogen) atoms. The van der Waals surface area contributed by atoms with Crippen molar-refractivity contribution in [3.63, 3.8) is 0 Å². The van der Waals surface area contributed by atoms with Crippen molar-refractivity contribution in [2.45, 2.75) is 78.0 Å². The van der Waals surface area contributed by atoms with E-state index in [9.17, 15) is 0 Å². The van der Waals surface area contributed by atoms with Crippen molar-refractivity contribution in [2.75, 3.05) is 26.2 Å². The lowest BCUT2D eigenvalue weighted by Crippen LogP contribution is -2.38. The first-order chi connectivity index (χ1) is 9.17. The van der Waals surface area contributed by atoms with Crippen molar-refractivity contribution in [1.82, 2.24) is 10.2 Å². The largest absolute Gasteiger partial charge is 0.372 e. The van der Waals surface area contributed by atoms with Gasteiger partial charge in [0.1, 0.15) is 0 Å². The summed E-state index contributed by atoms with van der Waals surface area (Å²) in [7, 11) is 0. The Morgan fingerprint density at radius 1 is 1.16 bits per heavy atom. The molecule has 1 saturated heterocycles. The second kappa shape index (κ2) is 9.73. The highest BCUT2D eigenvalue weighted by atomic mass is 16.5. The van der Waals surface area contributed by atoms with Gasteiger partial charge in [-0.2, -0.15) is 0 Å². The molecule has 0 aromatic heterocycles. The van der Waals surface area contributed by atoms with Crippen LogP contribution in [-0.2, 0) is 4.74 Å². The van der Waals surface area contributed by atoms with E-state index in [1.165, 1.54) is 38.6 Å². The first-order valence-electron chi connectivity index (χ1n) is 8.27. The Hall–Kier alpha value is -0.120. The lowest BCUT2D eigenvalue weighted by Gasteiger charge is -2.29. The summed E-state index contributed by atoms with van der Waals surface area (Å²) in [5, 5.41) is 3.39. The molecule has 114 valence electrons. The van der Waals surface area contributed by atoms with Gasteiger partial charge in [0.15, 0.2) is 0 Å².